The minimum Gasteiger partial charge on any atom is -0.461 e. The zero-order chi connectivity index (χ0) is 13.7. The van der Waals surface area contributed by atoms with Crippen molar-refractivity contribution in [2.75, 3.05) is 6.61 Å². The van der Waals surface area contributed by atoms with Gasteiger partial charge in [0.2, 0.25) is 10.9 Å². The van der Waals surface area contributed by atoms with Crippen molar-refractivity contribution < 1.29 is 13.9 Å². The van der Waals surface area contributed by atoms with E-state index in [0.29, 0.717) is 28.5 Å². The van der Waals surface area contributed by atoms with E-state index in [-0.39, 0.29) is 6.54 Å². The number of hydrogen-bond donors (Lipinski definition) is 1. The van der Waals surface area contributed by atoms with E-state index in [1.165, 1.54) is 23.1 Å². The largest absolute Gasteiger partial charge is 0.461 e. The smallest absolute Gasteiger partial charge is 0.367 e. The molecule has 2 aromatic rings. The summed E-state index contributed by atoms with van der Waals surface area (Å²) >= 11 is 2.60. The molecular weight excluding hydrogens is 288 g/mol. The summed E-state index contributed by atoms with van der Waals surface area (Å²) < 4.78 is 10.1. The maximum absolute atomic E-state index is 11.4. The lowest BCUT2D eigenvalue weighted by Crippen LogP contribution is -2.03. The van der Waals surface area contributed by atoms with E-state index in [2.05, 4.69) is 15.2 Å². The maximum atomic E-state index is 11.4. The Morgan fingerprint density at radius 1 is 1.58 bits per heavy atom. The van der Waals surface area contributed by atoms with Crippen molar-refractivity contribution in [3.63, 3.8) is 0 Å². The Kier molecular flexibility index (Phi) is 4.88. The van der Waals surface area contributed by atoms with Crippen molar-refractivity contribution in [1.82, 2.24) is 15.2 Å². The first-order chi connectivity index (χ1) is 9.22. The minimum absolute atomic E-state index is 0.220. The lowest BCUT2D eigenvalue weighted by molar-refractivity contribution is 0.0525. The lowest BCUT2D eigenvalue weighted by Gasteiger charge is -1.95. The number of rotatable bonds is 6. The van der Waals surface area contributed by atoms with Crippen LogP contribution < -0.4 is 5.73 Å². The zero-order valence-electron chi connectivity index (χ0n) is 10.2. The van der Waals surface area contributed by atoms with Gasteiger partial charge < -0.3 is 14.9 Å². The van der Waals surface area contributed by atoms with Crippen LogP contribution in [0.3, 0.4) is 0 Å². The quantitative estimate of drug-likeness (QED) is 0.631. The third-order valence-electron chi connectivity index (χ3n) is 1.97. The number of carbonyl (C=O) groups is 1. The molecule has 0 saturated heterocycles. The van der Waals surface area contributed by atoms with Gasteiger partial charge in [0.05, 0.1) is 18.8 Å². The van der Waals surface area contributed by atoms with Gasteiger partial charge in [-0.05, 0) is 6.92 Å². The van der Waals surface area contributed by atoms with E-state index in [1.807, 2.05) is 0 Å². The summed E-state index contributed by atoms with van der Waals surface area (Å²) in [6.45, 7) is 2.32. The highest BCUT2D eigenvalue weighted by Crippen LogP contribution is 2.22. The van der Waals surface area contributed by atoms with E-state index >= 15 is 0 Å². The Bertz CT molecular complexity index is 554. The predicted octanol–water partition coefficient (Wildman–Crippen LogP) is 1.45. The standard InChI is InChI=1S/C10H12N4O3S2/c1-2-16-9(15)8-12-6(4-18-8)5-19-10-14-13-7(3-11)17-10/h4H,2-3,5,11H2,1H3. The third-order valence-corrected chi connectivity index (χ3v) is 3.69. The molecule has 0 aromatic carbocycles. The molecule has 7 nitrogen and oxygen atoms in total. The Hall–Kier alpha value is -1.45. The molecule has 0 radical (unpaired) electrons. The Labute approximate surface area is 117 Å². The second kappa shape index (κ2) is 6.64. The van der Waals surface area contributed by atoms with Gasteiger partial charge in [0.25, 0.3) is 5.22 Å². The number of thiazole rings is 1. The summed E-state index contributed by atoms with van der Waals surface area (Å²) in [5.74, 6) is 0.544. The molecule has 2 aromatic heterocycles. The van der Waals surface area contributed by atoms with E-state index in [0.717, 1.165) is 5.69 Å². The summed E-state index contributed by atoms with van der Waals surface area (Å²) in [5.41, 5.74) is 6.14. The van der Waals surface area contributed by atoms with Crippen LogP contribution in [0.25, 0.3) is 0 Å². The molecule has 0 amide bonds. The molecule has 0 atom stereocenters. The highest BCUT2D eigenvalue weighted by atomic mass is 32.2. The molecule has 0 unspecified atom stereocenters. The van der Waals surface area contributed by atoms with Crippen molar-refractivity contribution in [3.8, 4) is 0 Å². The summed E-state index contributed by atoms with van der Waals surface area (Å²) in [5, 5.41) is 10.2. The van der Waals surface area contributed by atoms with Crippen LogP contribution in [0.2, 0.25) is 0 Å². The summed E-state index contributed by atoms with van der Waals surface area (Å²) in [6, 6.07) is 0. The van der Waals surface area contributed by atoms with Crippen LogP contribution in [0.5, 0.6) is 0 Å². The average Bonchev–Trinajstić information content (AvgIpc) is 3.06. The van der Waals surface area contributed by atoms with Gasteiger partial charge in [0.15, 0.2) is 0 Å². The second-order valence-electron chi connectivity index (χ2n) is 3.32. The van der Waals surface area contributed by atoms with Crippen LogP contribution in [-0.4, -0.2) is 27.8 Å². The Balaban J connectivity index is 1.91. The lowest BCUT2D eigenvalue weighted by atomic mass is 10.6. The van der Waals surface area contributed by atoms with Gasteiger partial charge in [0, 0.05) is 11.1 Å². The molecule has 0 bridgehead atoms. The number of ether oxygens (including phenoxy) is 1. The van der Waals surface area contributed by atoms with Gasteiger partial charge in [0.1, 0.15) is 0 Å². The van der Waals surface area contributed by atoms with Crippen LogP contribution in [0, 0.1) is 0 Å². The molecule has 102 valence electrons. The van der Waals surface area contributed by atoms with Gasteiger partial charge >= 0.3 is 5.97 Å². The molecule has 19 heavy (non-hydrogen) atoms. The highest BCUT2D eigenvalue weighted by molar-refractivity contribution is 7.98. The number of thioether (sulfide) groups is 1. The molecule has 2 heterocycles. The molecule has 0 aliphatic rings. The third kappa shape index (κ3) is 3.75. The second-order valence-corrected chi connectivity index (χ2v) is 5.10. The topological polar surface area (TPSA) is 104 Å². The first kappa shape index (κ1) is 14.0. The molecule has 0 saturated carbocycles. The average molecular weight is 300 g/mol. The van der Waals surface area contributed by atoms with Crippen molar-refractivity contribution in [1.29, 1.82) is 0 Å². The molecule has 2 N–H and O–H groups in total. The summed E-state index contributed by atoms with van der Waals surface area (Å²) in [7, 11) is 0. The van der Waals surface area contributed by atoms with Crippen LogP contribution in [0.1, 0.15) is 28.3 Å². The number of nitrogens with zero attached hydrogens (tertiary/aromatic N) is 3. The molecular formula is C10H12N4O3S2. The molecule has 9 heteroatoms. The number of nitrogens with two attached hydrogens (primary N) is 1. The minimum atomic E-state index is -0.396. The number of carbonyl (C=O) groups excluding carboxylic acids is 1. The molecule has 0 aliphatic carbocycles. The van der Waals surface area contributed by atoms with E-state index in [4.69, 9.17) is 14.9 Å². The maximum Gasteiger partial charge on any atom is 0.367 e. The first-order valence-corrected chi connectivity index (χ1v) is 7.36. The molecule has 2 rings (SSSR count). The van der Waals surface area contributed by atoms with E-state index in [1.54, 1.807) is 12.3 Å². The van der Waals surface area contributed by atoms with Gasteiger partial charge in [-0.15, -0.1) is 21.5 Å². The molecule has 0 fully saturated rings. The predicted molar refractivity (Wildman–Crippen MR) is 69.8 cm³/mol. The molecule has 0 aliphatic heterocycles. The van der Waals surface area contributed by atoms with Crippen molar-refractivity contribution in [3.05, 3.63) is 22.0 Å². The SMILES string of the molecule is CCOC(=O)c1nc(CSc2nnc(CN)o2)cs1. The van der Waals surface area contributed by atoms with Gasteiger partial charge in [-0.2, -0.15) is 0 Å². The number of aromatic nitrogens is 3. The monoisotopic (exact) mass is 300 g/mol. The van der Waals surface area contributed by atoms with Gasteiger partial charge in [-0.3, -0.25) is 0 Å². The fourth-order valence-electron chi connectivity index (χ4n) is 1.17. The fourth-order valence-corrected chi connectivity index (χ4v) is 2.66. The van der Waals surface area contributed by atoms with Crippen LogP contribution in [0.4, 0.5) is 0 Å². The number of hydrogen-bond acceptors (Lipinski definition) is 9. The van der Waals surface area contributed by atoms with Crippen LogP contribution in [0.15, 0.2) is 15.0 Å². The Morgan fingerprint density at radius 3 is 3.11 bits per heavy atom. The fraction of sp³-hybridized carbons (Fsp3) is 0.400. The highest BCUT2D eigenvalue weighted by Gasteiger charge is 2.13. The van der Waals surface area contributed by atoms with Gasteiger partial charge in [-0.1, -0.05) is 11.8 Å². The summed E-state index contributed by atoms with van der Waals surface area (Å²) in [4.78, 5) is 15.6. The molecule has 0 spiro atoms. The Morgan fingerprint density at radius 2 is 2.42 bits per heavy atom. The van der Waals surface area contributed by atoms with Crippen molar-refractivity contribution in [2.45, 2.75) is 24.4 Å². The summed E-state index contributed by atoms with van der Waals surface area (Å²) in [6.07, 6.45) is 0. The van der Waals surface area contributed by atoms with E-state index in [9.17, 15) is 4.79 Å². The number of esters is 1. The first-order valence-electron chi connectivity index (χ1n) is 5.49. The van der Waals surface area contributed by atoms with Crippen LogP contribution in [-0.2, 0) is 17.0 Å². The van der Waals surface area contributed by atoms with E-state index < -0.39 is 5.97 Å². The van der Waals surface area contributed by atoms with Gasteiger partial charge in [-0.25, -0.2) is 9.78 Å². The van der Waals surface area contributed by atoms with Crippen molar-refractivity contribution >= 4 is 29.1 Å². The normalized spacial score (nSPS) is 10.6. The zero-order valence-corrected chi connectivity index (χ0v) is 11.8. The van der Waals surface area contributed by atoms with Crippen molar-refractivity contribution in [2.24, 2.45) is 5.73 Å². The van der Waals surface area contributed by atoms with Crippen LogP contribution >= 0.6 is 23.1 Å².